The molecule has 0 saturated carbocycles. The fraction of sp³-hybridized carbons (Fsp3) is 0. The standard InChI is InChI=1S/C54H37N/c1-3-15-38(16-4-1)46-35-36-47(51-24-10-9-23-50(46)51)40-27-31-43(32-28-40)55(54-26-14-13-21-48(54)39-17-5-2-6-18-39)44-33-29-41(30-34-44)53-37-42-19-7-8-20-45(42)49-22-11-12-25-52(49)53/h1-37H. The Bertz CT molecular complexity index is 2950. The average Bonchev–Trinajstić information content (AvgIpc) is 3.27. The van der Waals surface area contributed by atoms with Gasteiger partial charge in [-0.1, -0.05) is 188 Å². The smallest absolute Gasteiger partial charge is 0.0540 e. The molecule has 0 aliphatic carbocycles. The first-order chi connectivity index (χ1) is 27.3. The van der Waals surface area contributed by atoms with Crippen molar-refractivity contribution in [2.24, 2.45) is 0 Å². The van der Waals surface area contributed by atoms with Gasteiger partial charge in [0.1, 0.15) is 0 Å². The van der Waals surface area contributed by atoms with Crippen LogP contribution in [0.5, 0.6) is 0 Å². The zero-order valence-electron chi connectivity index (χ0n) is 30.3. The summed E-state index contributed by atoms with van der Waals surface area (Å²) in [6, 6.07) is 81.3. The number of hydrogen-bond donors (Lipinski definition) is 0. The zero-order valence-corrected chi connectivity index (χ0v) is 30.3. The topological polar surface area (TPSA) is 3.24 Å². The third-order valence-electron chi connectivity index (χ3n) is 10.9. The summed E-state index contributed by atoms with van der Waals surface area (Å²) >= 11 is 0. The van der Waals surface area contributed by atoms with E-state index in [0.717, 1.165) is 17.1 Å². The van der Waals surface area contributed by atoms with Crippen molar-refractivity contribution < 1.29 is 0 Å². The quantitative estimate of drug-likeness (QED) is 0.150. The summed E-state index contributed by atoms with van der Waals surface area (Å²) in [6.07, 6.45) is 0. The molecular formula is C54H37N. The monoisotopic (exact) mass is 699 g/mol. The van der Waals surface area contributed by atoms with Crippen LogP contribution in [-0.4, -0.2) is 0 Å². The lowest BCUT2D eigenvalue weighted by Gasteiger charge is -2.28. The van der Waals surface area contributed by atoms with Gasteiger partial charge in [-0.05, 0) is 108 Å². The van der Waals surface area contributed by atoms with E-state index in [2.05, 4.69) is 229 Å². The maximum Gasteiger partial charge on any atom is 0.0540 e. The predicted octanol–water partition coefficient (Wildman–Crippen LogP) is 15.3. The molecule has 1 heteroatoms. The predicted molar refractivity (Wildman–Crippen MR) is 235 cm³/mol. The third-order valence-corrected chi connectivity index (χ3v) is 10.9. The third kappa shape index (κ3) is 5.93. The first-order valence-electron chi connectivity index (χ1n) is 18.9. The van der Waals surface area contributed by atoms with Crippen LogP contribution < -0.4 is 4.90 Å². The molecule has 0 atom stereocenters. The lowest BCUT2D eigenvalue weighted by Crippen LogP contribution is -2.11. The Hall–Kier alpha value is -7.22. The molecule has 0 aromatic heterocycles. The molecular weight excluding hydrogens is 663 g/mol. The SMILES string of the molecule is c1ccc(-c2ccccc2N(c2ccc(-c3ccc(-c4ccccc4)c4ccccc34)cc2)c2ccc(-c3cc4ccccc4c4ccccc34)cc2)cc1. The molecule has 1 nitrogen and oxygen atoms in total. The highest BCUT2D eigenvalue weighted by Gasteiger charge is 2.18. The van der Waals surface area contributed by atoms with E-state index in [1.807, 2.05) is 0 Å². The second kappa shape index (κ2) is 14.0. The largest absolute Gasteiger partial charge is 0.310 e. The molecule has 55 heavy (non-hydrogen) atoms. The van der Waals surface area contributed by atoms with Crippen molar-refractivity contribution >= 4 is 49.4 Å². The second-order valence-corrected chi connectivity index (χ2v) is 14.1. The number of anilines is 3. The summed E-state index contributed by atoms with van der Waals surface area (Å²) in [5, 5.41) is 7.58. The number of rotatable bonds is 7. The molecule has 0 aliphatic heterocycles. The Morgan fingerprint density at radius 1 is 0.236 bits per heavy atom. The van der Waals surface area contributed by atoms with Crippen LogP contribution in [0.15, 0.2) is 224 Å². The summed E-state index contributed by atoms with van der Waals surface area (Å²) in [5.41, 5.74) is 13.0. The van der Waals surface area contributed by atoms with E-state index >= 15 is 0 Å². The average molecular weight is 700 g/mol. The maximum absolute atomic E-state index is 2.39. The Labute approximate surface area is 322 Å². The number of fused-ring (bicyclic) bond motifs is 4. The van der Waals surface area contributed by atoms with Crippen LogP contribution in [0.25, 0.3) is 76.8 Å². The van der Waals surface area contributed by atoms with Gasteiger partial charge >= 0.3 is 0 Å². The van der Waals surface area contributed by atoms with Gasteiger partial charge in [-0.3, -0.25) is 0 Å². The van der Waals surface area contributed by atoms with Gasteiger partial charge in [-0.25, -0.2) is 0 Å². The van der Waals surface area contributed by atoms with Gasteiger partial charge in [0.25, 0.3) is 0 Å². The van der Waals surface area contributed by atoms with E-state index in [4.69, 9.17) is 0 Å². The molecule has 10 aromatic rings. The molecule has 0 saturated heterocycles. The summed E-state index contributed by atoms with van der Waals surface area (Å²) in [4.78, 5) is 2.39. The highest BCUT2D eigenvalue weighted by Crippen LogP contribution is 2.43. The second-order valence-electron chi connectivity index (χ2n) is 14.1. The molecule has 0 spiro atoms. The molecule has 10 rings (SSSR count). The molecule has 0 heterocycles. The Morgan fingerprint density at radius 2 is 0.636 bits per heavy atom. The van der Waals surface area contributed by atoms with Gasteiger partial charge in [0, 0.05) is 16.9 Å². The van der Waals surface area contributed by atoms with Gasteiger partial charge in [0.05, 0.1) is 5.69 Å². The van der Waals surface area contributed by atoms with Crippen LogP contribution in [0.1, 0.15) is 0 Å². The Morgan fingerprint density at radius 3 is 1.22 bits per heavy atom. The van der Waals surface area contributed by atoms with E-state index in [9.17, 15) is 0 Å². The van der Waals surface area contributed by atoms with E-state index in [1.54, 1.807) is 0 Å². The lowest BCUT2D eigenvalue weighted by molar-refractivity contribution is 1.28. The highest BCUT2D eigenvalue weighted by atomic mass is 15.1. The van der Waals surface area contributed by atoms with Crippen molar-refractivity contribution in [3.8, 4) is 44.5 Å². The molecule has 258 valence electrons. The summed E-state index contributed by atoms with van der Waals surface area (Å²) < 4.78 is 0. The van der Waals surface area contributed by atoms with Crippen LogP contribution in [0.4, 0.5) is 17.1 Å². The van der Waals surface area contributed by atoms with E-state index < -0.39 is 0 Å². The van der Waals surface area contributed by atoms with Crippen molar-refractivity contribution in [2.45, 2.75) is 0 Å². The van der Waals surface area contributed by atoms with Crippen LogP contribution in [0, 0.1) is 0 Å². The molecule has 0 radical (unpaired) electrons. The van der Waals surface area contributed by atoms with Gasteiger partial charge in [0.15, 0.2) is 0 Å². The van der Waals surface area contributed by atoms with Crippen molar-refractivity contribution in [3.05, 3.63) is 224 Å². The molecule has 0 fully saturated rings. The molecule has 0 N–H and O–H groups in total. The molecule has 0 unspecified atom stereocenters. The van der Waals surface area contributed by atoms with Crippen LogP contribution in [0.2, 0.25) is 0 Å². The van der Waals surface area contributed by atoms with Crippen molar-refractivity contribution in [3.63, 3.8) is 0 Å². The summed E-state index contributed by atoms with van der Waals surface area (Å²) in [6.45, 7) is 0. The van der Waals surface area contributed by atoms with Crippen molar-refractivity contribution in [2.75, 3.05) is 4.90 Å². The summed E-state index contributed by atoms with van der Waals surface area (Å²) in [5.74, 6) is 0. The van der Waals surface area contributed by atoms with E-state index in [1.165, 1.54) is 76.8 Å². The number of nitrogens with zero attached hydrogens (tertiary/aromatic N) is 1. The van der Waals surface area contributed by atoms with Gasteiger partial charge < -0.3 is 4.90 Å². The lowest BCUT2D eigenvalue weighted by atomic mass is 9.92. The van der Waals surface area contributed by atoms with Gasteiger partial charge in [-0.2, -0.15) is 0 Å². The molecule has 0 amide bonds. The minimum absolute atomic E-state index is 1.10. The Balaban J connectivity index is 1.09. The normalized spacial score (nSPS) is 11.3. The number of hydrogen-bond acceptors (Lipinski definition) is 1. The minimum Gasteiger partial charge on any atom is -0.310 e. The first kappa shape index (κ1) is 32.4. The zero-order chi connectivity index (χ0) is 36.6. The van der Waals surface area contributed by atoms with Gasteiger partial charge in [-0.15, -0.1) is 0 Å². The Kier molecular flexibility index (Phi) is 8.24. The van der Waals surface area contributed by atoms with Crippen LogP contribution in [0.3, 0.4) is 0 Å². The van der Waals surface area contributed by atoms with E-state index in [-0.39, 0.29) is 0 Å². The fourth-order valence-electron chi connectivity index (χ4n) is 8.25. The van der Waals surface area contributed by atoms with Crippen LogP contribution in [-0.2, 0) is 0 Å². The number of benzene rings is 10. The first-order valence-corrected chi connectivity index (χ1v) is 18.9. The van der Waals surface area contributed by atoms with Crippen molar-refractivity contribution in [1.29, 1.82) is 0 Å². The van der Waals surface area contributed by atoms with Crippen molar-refractivity contribution in [1.82, 2.24) is 0 Å². The molecule has 10 aromatic carbocycles. The number of para-hydroxylation sites is 1. The summed E-state index contributed by atoms with van der Waals surface area (Å²) in [7, 11) is 0. The molecule has 0 aliphatic rings. The highest BCUT2D eigenvalue weighted by molar-refractivity contribution is 6.14. The maximum atomic E-state index is 2.39. The van der Waals surface area contributed by atoms with Crippen LogP contribution >= 0.6 is 0 Å². The molecule has 0 bridgehead atoms. The van der Waals surface area contributed by atoms with Gasteiger partial charge in [0.2, 0.25) is 0 Å². The van der Waals surface area contributed by atoms with E-state index in [0.29, 0.717) is 0 Å². The fourth-order valence-corrected chi connectivity index (χ4v) is 8.25. The minimum atomic E-state index is 1.10.